The molecule has 0 aliphatic heterocycles. The van der Waals surface area contributed by atoms with Crippen LogP contribution in [-0.2, 0) is 0 Å². The molecule has 0 bridgehead atoms. The van der Waals surface area contributed by atoms with E-state index in [1.165, 1.54) is 0 Å². The Bertz CT molecular complexity index is 1330. The first-order valence-corrected chi connectivity index (χ1v) is 11.3. The quantitative estimate of drug-likeness (QED) is 0.407. The van der Waals surface area contributed by atoms with Crippen LogP contribution in [0.2, 0.25) is 0 Å². The predicted octanol–water partition coefficient (Wildman–Crippen LogP) is 4.61. The number of thiophene rings is 1. The fourth-order valence-corrected chi connectivity index (χ4v) is 4.31. The zero-order chi connectivity index (χ0) is 22.6. The predicted molar refractivity (Wildman–Crippen MR) is 127 cm³/mol. The van der Waals surface area contributed by atoms with Gasteiger partial charge >= 0.3 is 0 Å². The van der Waals surface area contributed by atoms with Crippen molar-refractivity contribution in [2.24, 2.45) is 0 Å². The molecule has 7 nitrogen and oxygen atoms in total. The summed E-state index contributed by atoms with van der Waals surface area (Å²) in [6, 6.07) is 19.2. The molecule has 1 amide bonds. The van der Waals surface area contributed by atoms with E-state index >= 15 is 0 Å². The van der Waals surface area contributed by atoms with E-state index in [4.69, 9.17) is 0 Å². The van der Waals surface area contributed by atoms with Crippen LogP contribution in [0.15, 0.2) is 90.8 Å². The molecule has 0 unspecified atom stereocenters. The van der Waals surface area contributed by atoms with Gasteiger partial charge in [0.1, 0.15) is 0 Å². The fourth-order valence-electron chi connectivity index (χ4n) is 3.62. The molecule has 0 spiro atoms. The Labute approximate surface area is 194 Å². The van der Waals surface area contributed by atoms with Gasteiger partial charge in [0, 0.05) is 18.6 Å². The molecule has 5 aromatic rings. The zero-order valence-electron chi connectivity index (χ0n) is 17.8. The second-order valence-electron chi connectivity index (χ2n) is 7.37. The molecule has 1 N–H and O–H groups in total. The number of hydrogen-bond acceptors (Lipinski definition) is 6. The summed E-state index contributed by atoms with van der Waals surface area (Å²) in [5, 5.41) is 9.56. The van der Waals surface area contributed by atoms with Crippen LogP contribution in [-0.4, -0.2) is 30.6 Å². The number of carbonyl (C=O) groups excluding carboxylic acids is 1. The highest BCUT2D eigenvalue weighted by molar-refractivity contribution is 7.13. The number of carbonyl (C=O) groups is 1. The van der Waals surface area contributed by atoms with Crippen LogP contribution in [0.4, 0.5) is 0 Å². The molecule has 4 aromatic heterocycles. The molecule has 0 aliphatic carbocycles. The second-order valence-corrected chi connectivity index (χ2v) is 8.32. The summed E-state index contributed by atoms with van der Waals surface area (Å²) >= 11 is 1.61. The van der Waals surface area contributed by atoms with Crippen LogP contribution < -0.4 is 5.32 Å². The summed E-state index contributed by atoms with van der Waals surface area (Å²) in [5.41, 5.74) is 3.88. The Morgan fingerprint density at radius 1 is 0.970 bits per heavy atom. The lowest BCUT2D eigenvalue weighted by Crippen LogP contribution is -2.29. The van der Waals surface area contributed by atoms with E-state index < -0.39 is 0 Å². The highest BCUT2D eigenvalue weighted by Crippen LogP contribution is 2.24. The molecule has 0 radical (unpaired) electrons. The molecule has 5 rings (SSSR count). The number of hydrogen-bond donors (Lipinski definition) is 1. The van der Waals surface area contributed by atoms with Crippen molar-refractivity contribution in [3.63, 3.8) is 0 Å². The molecule has 1 aromatic carbocycles. The van der Waals surface area contributed by atoms with Crippen LogP contribution >= 0.6 is 11.3 Å². The molecule has 8 heteroatoms. The maximum Gasteiger partial charge on any atom is 0.255 e. The SMILES string of the molecule is Cc1c(C(=O)N[C@H](c2ccccc2)c2ccncc2)cnn1-c1nccc(-c2cccs2)n1. The molecular weight excluding hydrogens is 432 g/mol. The third-order valence-corrected chi connectivity index (χ3v) is 6.20. The van der Waals surface area contributed by atoms with Gasteiger partial charge < -0.3 is 5.32 Å². The number of aromatic nitrogens is 5. The number of amides is 1. The zero-order valence-corrected chi connectivity index (χ0v) is 18.6. The summed E-state index contributed by atoms with van der Waals surface area (Å²) in [6.07, 6.45) is 6.70. The molecule has 0 saturated carbocycles. The average molecular weight is 453 g/mol. The lowest BCUT2D eigenvalue weighted by molar-refractivity contribution is 0.0942. The minimum atomic E-state index is -0.317. The highest BCUT2D eigenvalue weighted by Gasteiger charge is 2.22. The van der Waals surface area contributed by atoms with Crippen molar-refractivity contribution in [2.75, 3.05) is 0 Å². The largest absolute Gasteiger partial charge is 0.341 e. The number of benzene rings is 1. The first-order chi connectivity index (χ1) is 16.2. The van der Waals surface area contributed by atoms with Crippen LogP contribution in [0.25, 0.3) is 16.5 Å². The summed E-state index contributed by atoms with van der Waals surface area (Å²) < 4.78 is 1.59. The lowest BCUT2D eigenvalue weighted by Gasteiger charge is -2.19. The molecule has 1 atom stereocenters. The van der Waals surface area contributed by atoms with Crippen molar-refractivity contribution in [2.45, 2.75) is 13.0 Å². The summed E-state index contributed by atoms with van der Waals surface area (Å²) in [7, 11) is 0. The van der Waals surface area contributed by atoms with Crippen molar-refractivity contribution >= 4 is 17.2 Å². The number of pyridine rings is 1. The summed E-state index contributed by atoms with van der Waals surface area (Å²) in [6.45, 7) is 1.84. The molecule has 33 heavy (non-hydrogen) atoms. The van der Waals surface area contributed by atoms with Crippen molar-refractivity contribution in [1.82, 2.24) is 30.0 Å². The molecule has 0 fully saturated rings. The van der Waals surface area contributed by atoms with Crippen molar-refractivity contribution < 1.29 is 4.79 Å². The van der Waals surface area contributed by atoms with Crippen LogP contribution in [0.5, 0.6) is 0 Å². The minimum absolute atomic E-state index is 0.223. The Balaban J connectivity index is 1.45. The Morgan fingerprint density at radius 3 is 2.52 bits per heavy atom. The molecule has 0 saturated heterocycles. The van der Waals surface area contributed by atoms with Gasteiger partial charge in [-0.15, -0.1) is 11.3 Å². The van der Waals surface area contributed by atoms with E-state index in [0.717, 1.165) is 21.7 Å². The fraction of sp³-hybridized carbons (Fsp3) is 0.0800. The van der Waals surface area contributed by atoms with E-state index in [1.54, 1.807) is 40.8 Å². The summed E-state index contributed by atoms with van der Waals surface area (Å²) in [5.74, 6) is 0.199. The number of nitrogens with one attached hydrogen (secondary N) is 1. The van der Waals surface area contributed by atoms with Gasteiger partial charge in [-0.25, -0.2) is 14.6 Å². The van der Waals surface area contributed by atoms with Gasteiger partial charge in [0.05, 0.1) is 34.1 Å². The first-order valence-electron chi connectivity index (χ1n) is 10.4. The standard InChI is InChI=1S/C25H20N6OS/c1-17-20(16-28-31(17)25-27-14-11-21(29-25)22-8-5-15-33-22)24(32)30-23(18-6-3-2-4-7-18)19-9-12-26-13-10-19/h2-16,23H,1H3,(H,30,32)/t23-/m1/s1. The van der Waals surface area contributed by atoms with Crippen molar-refractivity contribution in [3.05, 3.63) is 113 Å². The van der Waals surface area contributed by atoms with E-state index in [1.807, 2.05) is 73.0 Å². The summed E-state index contributed by atoms with van der Waals surface area (Å²) in [4.78, 5) is 27.4. The van der Waals surface area contributed by atoms with E-state index in [2.05, 4.69) is 25.4 Å². The minimum Gasteiger partial charge on any atom is -0.341 e. The Morgan fingerprint density at radius 2 is 1.76 bits per heavy atom. The van der Waals surface area contributed by atoms with Gasteiger partial charge in [0.15, 0.2) is 0 Å². The molecular formula is C25H20N6OS. The average Bonchev–Trinajstić information content (AvgIpc) is 3.54. The molecule has 0 aliphatic rings. The van der Waals surface area contributed by atoms with Crippen molar-refractivity contribution in [1.29, 1.82) is 0 Å². The second kappa shape index (κ2) is 9.13. The highest BCUT2D eigenvalue weighted by atomic mass is 32.1. The van der Waals surface area contributed by atoms with Gasteiger partial charge in [-0.2, -0.15) is 5.10 Å². The van der Waals surface area contributed by atoms with Crippen LogP contribution in [0.3, 0.4) is 0 Å². The van der Waals surface area contributed by atoms with Crippen LogP contribution in [0, 0.1) is 6.92 Å². The third kappa shape index (κ3) is 4.28. The topological polar surface area (TPSA) is 85.6 Å². The van der Waals surface area contributed by atoms with Gasteiger partial charge in [0.2, 0.25) is 0 Å². The molecule has 4 heterocycles. The Kier molecular flexibility index (Phi) is 5.73. The monoisotopic (exact) mass is 452 g/mol. The normalized spacial score (nSPS) is 11.8. The smallest absolute Gasteiger partial charge is 0.255 e. The third-order valence-electron chi connectivity index (χ3n) is 5.31. The lowest BCUT2D eigenvalue weighted by atomic mass is 9.99. The van der Waals surface area contributed by atoms with E-state index in [-0.39, 0.29) is 11.9 Å². The number of nitrogens with zero attached hydrogens (tertiary/aromatic N) is 5. The molecule has 162 valence electrons. The van der Waals surface area contributed by atoms with Gasteiger partial charge in [-0.05, 0) is 47.7 Å². The number of rotatable bonds is 6. The van der Waals surface area contributed by atoms with E-state index in [0.29, 0.717) is 17.2 Å². The van der Waals surface area contributed by atoms with Gasteiger partial charge in [0.25, 0.3) is 11.9 Å². The van der Waals surface area contributed by atoms with E-state index in [9.17, 15) is 4.79 Å². The maximum atomic E-state index is 13.3. The van der Waals surface area contributed by atoms with Crippen molar-refractivity contribution in [3.8, 4) is 16.5 Å². The first kappa shape index (κ1) is 20.7. The maximum absolute atomic E-state index is 13.3. The van der Waals surface area contributed by atoms with Crippen LogP contribution in [0.1, 0.15) is 33.2 Å². The Hall–Kier alpha value is -4.17. The van der Waals surface area contributed by atoms with Gasteiger partial charge in [-0.3, -0.25) is 9.78 Å². The van der Waals surface area contributed by atoms with Gasteiger partial charge in [-0.1, -0.05) is 36.4 Å².